The molecule has 0 aromatic heterocycles. The number of hydrogen-bond donors (Lipinski definition) is 0. The summed E-state index contributed by atoms with van der Waals surface area (Å²) in [6.07, 6.45) is 2.12. The van der Waals surface area contributed by atoms with Crippen LogP contribution in [0, 0.1) is 10.1 Å². The minimum absolute atomic E-state index is 0.0573. The lowest BCUT2D eigenvalue weighted by atomic mass is 10.0. The number of benzene rings is 3. The highest BCUT2D eigenvalue weighted by Crippen LogP contribution is 2.28. The molecule has 0 fully saturated rings. The minimum Gasteiger partial charge on any atom is -0.461 e. The van der Waals surface area contributed by atoms with Crippen LogP contribution in [0.15, 0.2) is 86.0 Å². The van der Waals surface area contributed by atoms with Crippen molar-refractivity contribution in [3.63, 3.8) is 0 Å². The topological polar surface area (TPSA) is 152 Å². The monoisotopic (exact) mass is 596 g/mol. The number of carbonyl (C=O) groups is 4. The zero-order chi connectivity index (χ0) is 31.4. The average molecular weight is 597 g/mol. The lowest BCUT2D eigenvalue weighted by Gasteiger charge is -2.24. The summed E-state index contributed by atoms with van der Waals surface area (Å²) in [7, 11) is 0. The van der Waals surface area contributed by atoms with Gasteiger partial charge in [0.1, 0.15) is 24.7 Å². The van der Waals surface area contributed by atoms with Crippen LogP contribution in [0.25, 0.3) is 11.1 Å². The standard InChI is InChI=1S/C32H24N2O10/c1-3-27(35)41-15-13-33(14-16-42-28(36)4-2)21-9-5-19(6-10-21)29-23-17-26-24(18-25(23)43-31(29)37)30(32(38)44-26)20-7-11-22(12-8-20)34(39)40/h3-12,17-18H,1-2,13-16H2. The molecule has 0 bridgehead atoms. The van der Waals surface area contributed by atoms with Crippen molar-refractivity contribution >= 4 is 46.4 Å². The first kappa shape index (κ1) is 29.5. The number of anilines is 1. The Morgan fingerprint density at radius 1 is 0.773 bits per heavy atom. The Morgan fingerprint density at radius 3 is 1.61 bits per heavy atom. The van der Waals surface area contributed by atoms with Crippen LogP contribution < -0.4 is 24.8 Å². The molecule has 0 atom stereocenters. The van der Waals surface area contributed by atoms with Gasteiger partial charge in [-0.1, -0.05) is 25.3 Å². The number of non-ortho nitro benzene ring substituents is 1. The van der Waals surface area contributed by atoms with E-state index in [0.717, 1.165) is 12.2 Å². The summed E-state index contributed by atoms with van der Waals surface area (Å²) in [6.45, 7) is 7.44. The van der Waals surface area contributed by atoms with E-state index < -0.39 is 28.8 Å². The zero-order valence-electron chi connectivity index (χ0n) is 23.1. The fourth-order valence-electron chi connectivity index (χ4n) is 4.78. The highest BCUT2D eigenvalue weighted by molar-refractivity contribution is 6.21. The molecule has 0 spiro atoms. The maximum atomic E-state index is 13.0. The van der Waals surface area contributed by atoms with Crippen molar-refractivity contribution in [3.8, 4) is 11.5 Å². The van der Waals surface area contributed by atoms with Crippen molar-refractivity contribution in [1.82, 2.24) is 0 Å². The van der Waals surface area contributed by atoms with E-state index in [-0.39, 0.29) is 54.6 Å². The van der Waals surface area contributed by atoms with E-state index in [1.807, 2.05) is 4.90 Å². The first-order chi connectivity index (χ1) is 21.2. The Hall–Kier alpha value is -6.04. The molecular weight excluding hydrogens is 572 g/mol. The predicted octanol–water partition coefficient (Wildman–Crippen LogP) is 2.10. The molecule has 12 nitrogen and oxygen atoms in total. The third kappa shape index (κ3) is 5.95. The van der Waals surface area contributed by atoms with Crippen molar-refractivity contribution in [2.45, 2.75) is 0 Å². The van der Waals surface area contributed by atoms with Gasteiger partial charge in [0.05, 0.1) is 29.2 Å². The van der Waals surface area contributed by atoms with E-state index in [1.54, 1.807) is 36.4 Å². The van der Waals surface area contributed by atoms with Crippen molar-refractivity contribution in [2.24, 2.45) is 0 Å². The van der Waals surface area contributed by atoms with E-state index in [0.29, 0.717) is 27.3 Å². The Bertz CT molecular complexity index is 1820. The van der Waals surface area contributed by atoms with Gasteiger partial charge in [-0.3, -0.25) is 10.1 Å². The summed E-state index contributed by atoms with van der Waals surface area (Å²) >= 11 is 0. The molecule has 12 heteroatoms. The molecule has 2 aliphatic rings. The largest absolute Gasteiger partial charge is 0.461 e. The van der Waals surface area contributed by atoms with Gasteiger partial charge in [0.2, 0.25) is 0 Å². The second kappa shape index (κ2) is 12.4. The molecule has 2 heterocycles. The van der Waals surface area contributed by atoms with Gasteiger partial charge >= 0.3 is 23.9 Å². The molecule has 0 saturated heterocycles. The van der Waals surface area contributed by atoms with E-state index in [1.165, 1.54) is 24.3 Å². The summed E-state index contributed by atoms with van der Waals surface area (Å²) in [5, 5.41) is 11.9. The summed E-state index contributed by atoms with van der Waals surface area (Å²) < 4.78 is 21.2. The van der Waals surface area contributed by atoms with E-state index in [4.69, 9.17) is 18.9 Å². The van der Waals surface area contributed by atoms with Crippen molar-refractivity contribution in [3.05, 3.63) is 118 Å². The third-order valence-electron chi connectivity index (χ3n) is 6.87. The van der Waals surface area contributed by atoms with Gasteiger partial charge in [0, 0.05) is 40.4 Å². The van der Waals surface area contributed by atoms with Gasteiger partial charge in [-0.05, 0) is 47.5 Å². The Balaban J connectivity index is 1.46. The molecule has 0 radical (unpaired) electrons. The fraction of sp³-hybridized carbons (Fsp3) is 0.125. The molecule has 0 aliphatic carbocycles. The molecule has 0 amide bonds. The number of esters is 4. The van der Waals surface area contributed by atoms with E-state index >= 15 is 0 Å². The number of hydrogen-bond acceptors (Lipinski definition) is 11. The lowest BCUT2D eigenvalue weighted by Crippen LogP contribution is -2.32. The van der Waals surface area contributed by atoms with Crippen molar-refractivity contribution in [2.75, 3.05) is 31.2 Å². The van der Waals surface area contributed by atoms with Crippen LogP contribution in [0.5, 0.6) is 11.5 Å². The normalized spacial score (nSPS) is 12.9. The number of ether oxygens (including phenoxy) is 4. The molecule has 0 unspecified atom stereocenters. The van der Waals surface area contributed by atoms with Gasteiger partial charge in [-0.25, -0.2) is 19.2 Å². The zero-order valence-corrected chi connectivity index (χ0v) is 23.1. The van der Waals surface area contributed by atoms with Crippen LogP contribution in [0.2, 0.25) is 0 Å². The fourth-order valence-corrected chi connectivity index (χ4v) is 4.78. The quantitative estimate of drug-likeness (QED) is 0.0994. The maximum absolute atomic E-state index is 13.0. The second-order valence-corrected chi connectivity index (χ2v) is 9.45. The first-order valence-electron chi connectivity index (χ1n) is 13.3. The highest BCUT2D eigenvalue weighted by Gasteiger charge is 2.30. The van der Waals surface area contributed by atoms with Crippen LogP contribution in [0.1, 0.15) is 11.1 Å². The van der Waals surface area contributed by atoms with Gasteiger partial charge in [0.25, 0.3) is 5.69 Å². The van der Waals surface area contributed by atoms with Gasteiger partial charge < -0.3 is 23.8 Å². The molecule has 3 aromatic carbocycles. The summed E-state index contributed by atoms with van der Waals surface area (Å²) in [4.78, 5) is 61.0. The highest BCUT2D eigenvalue weighted by atomic mass is 16.6. The summed E-state index contributed by atoms with van der Waals surface area (Å²) in [5.41, 5.74) is 2.01. The Kier molecular flexibility index (Phi) is 8.33. The number of rotatable bonds is 12. The molecule has 222 valence electrons. The van der Waals surface area contributed by atoms with Crippen LogP contribution in [0.3, 0.4) is 0 Å². The molecular formula is C32H24N2O10. The SMILES string of the molecule is C=CC(=O)OCCN(CCOC(=O)C=C)c1ccc(C2=c3cc4c(cc3OC2=O)=C(c2ccc([N+](=O)[O-])cc2)C(=O)O4)cc1. The van der Waals surface area contributed by atoms with E-state index in [2.05, 4.69) is 13.2 Å². The van der Waals surface area contributed by atoms with Crippen LogP contribution >= 0.6 is 0 Å². The Morgan fingerprint density at radius 2 is 1.20 bits per heavy atom. The predicted molar refractivity (Wildman–Crippen MR) is 156 cm³/mol. The van der Waals surface area contributed by atoms with Crippen LogP contribution in [-0.2, 0) is 28.7 Å². The smallest absolute Gasteiger partial charge is 0.344 e. The third-order valence-corrected chi connectivity index (χ3v) is 6.87. The molecule has 44 heavy (non-hydrogen) atoms. The summed E-state index contributed by atoms with van der Waals surface area (Å²) in [6, 6.07) is 15.5. The lowest BCUT2D eigenvalue weighted by molar-refractivity contribution is -0.384. The number of fused-ring (bicyclic) bond motifs is 2. The van der Waals surface area contributed by atoms with Crippen LogP contribution in [-0.4, -0.2) is 55.1 Å². The molecule has 3 aromatic rings. The number of carbonyl (C=O) groups excluding carboxylic acids is 4. The molecule has 2 aliphatic heterocycles. The Labute approximate surface area is 249 Å². The number of nitrogens with zero attached hydrogens (tertiary/aromatic N) is 2. The average Bonchev–Trinajstić information content (AvgIpc) is 3.52. The van der Waals surface area contributed by atoms with Gasteiger partial charge in [-0.2, -0.15) is 0 Å². The first-order valence-corrected chi connectivity index (χ1v) is 13.3. The van der Waals surface area contributed by atoms with Crippen molar-refractivity contribution in [1.29, 1.82) is 0 Å². The summed E-state index contributed by atoms with van der Waals surface area (Å²) in [5.74, 6) is -1.90. The molecule has 0 saturated carbocycles. The molecule has 0 N–H and O–H groups in total. The van der Waals surface area contributed by atoms with Crippen LogP contribution in [0.4, 0.5) is 11.4 Å². The maximum Gasteiger partial charge on any atom is 0.344 e. The minimum atomic E-state index is -0.632. The van der Waals surface area contributed by atoms with Crippen molar-refractivity contribution < 1.29 is 43.0 Å². The molecule has 5 rings (SSSR count). The number of nitro benzene ring substituents is 1. The van der Waals surface area contributed by atoms with Gasteiger partial charge in [-0.15, -0.1) is 0 Å². The van der Waals surface area contributed by atoms with Gasteiger partial charge in [0.15, 0.2) is 0 Å². The second-order valence-electron chi connectivity index (χ2n) is 9.45. The van der Waals surface area contributed by atoms with E-state index in [9.17, 15) is 29.3 Å². The number of nitro groups is 1.